The number of aromatic amines is 1. The van der Waals surface area contributed by atoms with Crippen LogP contribution in [-0.2, 0) is 9.59 Å². The molecule has 2 aromatic carbocycles. The van der Waals surface area contributed by atoms with Crippen LogP contribution in [0.1, 0.15) is 32.1 Å². The number of ether oxygens (including phenoxy) is 1. The van der Waals surface area contributed by atoms with Crippen LogP contribution in [0.2, 0.25) is 0 Å². The Morgan fingerprint density at radius 2 is 1.93 bits per heavy atom. The molecule has 7 heteroatoms. The number of anilines is 1. The third-order valence-electron chi connectivity index (χ3n) is 5.55. The maximum Gasteiger partial charge on any atom is 0.227 e. The monoisotopic (exact) mass is 406 g/mol. The van der Waals surface area contributed by atoms with Crippen molar-refractivity contribution in [2.45, 2.75) is 26.3 Å². The summed E-state index contributed by atoms with van der Waals surface area (Å²) in [6.07, 6.45) is 0.197. The first-order valence-electron chi connectivity index (χ1n) is 10.2. The number of aromatic nitrogens is 2. The van der Waals surface area contributed by atoms with Crippen molar-refractivity contribution < 1.29 is 14.3 Å². The first kappa shape index (κ1) is 19.9. The Bertz CT molecular complexity index is 1020. The maximum absolute atomic E-state index is 13.0. The predicted molar refractivity (Wildman–Crippen MR) is 115 cm³/mol. The third-order valence-corrected chi connectivity index (χ3v) is 5.55. The molecule has 2 heterocycles. The van der Waals surface area contributed by atoms with Gasteiger partial charge in [0.1, 0.15) is 11.6 Å². The fourth-order valence-electron chi connectivity index (χ4n) is 3.84. The minimum absolute atomic E-state index is 0.0508. The molecule has 1 aliphatic rings. The molecule has 3 aromatic rings. The van der Waals surface area contributed by atoms with Crippen LogP contribution in [0.15, 0.2) is 48.5 Å². The molecule has 1 fully saturated rings. The van der Waals surface area contributed by atoms with Crippen LogP contribution in [0.25, 0.3) is 11.0 Å². The van der Waals surface area contributed by atoms with Gasteiger partial charge in [0.25, 0.3) is 0 Å². The van der Waals surface area contributed by atoms with E-state index in [0.717, 1.165) is 28.3 Å². The molecule has 2 amide bonds. The molecule has 0 bridgehead atoms. The minimum atomic E-state index is -0.398. The number of nitrogens with one attached hydrogen (secondary N) is 2. The molecule has 4 rings (SSSR count). The van der Waals surface area contributed by atoms with Crippen molar-refractivity contribution >= 4 is 28.5 Å². The lowest BCUT2D eigenvalue weighted by atomic mass is 10.0. The normalized spacial score (nSPS) is 17.5. The van der Waals surface area contributed by atoms with E-state index in [4.69, 9.17) is 4.74 Å². The van der Waals surface area contributed by atoms with Crippen LogP contribution < -0.4 is 15.0 Å². The van der Waals surface area contributed by atoms with Gasteiger partial charge in [-0.1, -0.05) is 26.0 Å². The zero-order valence-corrected chi connectivity index (χ0v) is 17.4. The van der Waals surface area contributed by atoms with Gasteiger partial charge in [-0.2, -0.15) is 0 Å². The Balaban J connectivity index is 1.48. The molecule has 156 valence electrons. The summed E-state index contributed by atoms with van der Waals surface area (Å²) in [6, 6.07) is 14.8. The number of hydrogen-bond acceptors (Lipinski definition) is 4. The number of H-pyrrole nitrogens is 1. The average molecular weight is 406 g/mol. The van der Waals surface area contributed by atoms with Crippen LogP contribution in [0.4, 0.5) is 5.69 Å². The van der Waals surface area contributed by atoms with Gasteiger partial charge in [0.15, 0.2) is 0 Å². The summed E-state index contributed by atoms with van der Waals surface area (Å²) >= 11 is 0. The molecular formula is C23H26N4O3. The number of carbonyl (C=O) groups is 2. The average Bonchev–Trinajstić information content (AvgIpc) is 3.35. The second-order valence-electron chi connectivity index (χ2n) is 7.97. The molecule has 2 N–H and O–H groups in total. The molecule has 0 spiro atoms. The highest BCUT2D eigenvalue weighted by Gasteiger charge is 2.36. The number of para-hydroxylation sites is 2. The van der Waals surface area contributed by atoms with Gasteiger partial charge in [0.05, 0.1) is 30.1 Å². The van der Waals surface area contributed by atoms with Crippen molar-refractivity contribution in [3.63, 3.8) is 0 Å². The molecular weight excluding hydrogens is 380 g/mol. The molecule has 1 saturated heterocycles. The van der Waals surface area contributed by atoms with Crippen LogP contribution >= 0.6 is 0 Å². The van der Waals surface area contributed by atoms with Gasteiger partial charge in [-0.25, -0.2) is 4.98 Å². The summed E-state index contributed by atoms with van der Waals surface area (Å²) in [6.45, 7) is 4.45. The largest absolute Gasteiger partial charge is 0.497 e. The lowest BCUT2D eigenvalue weighted by molar-refractivity contribution is -0.127. The molecule has 2 atom stereocenters. The first-order valence-corrected chi connectivity index (χ1v) is 10.2. The summed E-state index contributed by atoms with van der Waals surface area (Å²) in [5.41, 5.74) is 2.58. The van der Waals surface area contributed by atoms with Crippen LogP contribution in [0, 0.1) is 11.8 Å². The summed E-state index contributed by atoms with van der Waals surface area (Å²) < 4.78 is 5.17. The zero-order chi connectivity index (χ0) is 21.3. The van der Waals surface area contributed by atoms with Crippen molar-refractivity contribution in [2.75, 3.05) is 18.6 Å². The first-order chi connectivity index (χ1) is 14.5. The van der Waals surface area contributed by atoms with Crippen LogP contribution in [-0.4, -0.2) is 35.4 Å². The fraction of sp³-hybridized carbons (Fsp3) is 0.348. The van der Waals surface area contributed by atoms with Crippen LogP contribution in [0.3, 0.4) is 0 Å². The van der Waals surface area contributed by atoms with E-state index in [-0.39, 0.29) is 30.2 Å². The Morgan fingerprint density at radius 1 is 1.20 bits per heavy atom. The highest BCUT2D eigenvalue weighted by Crippen LogP contribution is 2.28. The predicted octanol–water partition coefficient (Wildman–Crippen LogP) is 3.44. The van der Waals surface area contributed by atoms with Crippen molar-refractivity contribution in [2.24, 2.45) is 11.8 Å². The molecule has 0 saturated carbocycles. The number of rotatable bonds is 6. The number of carbonyl (C=O) groups excluding carboxylic acids is 2. The second-order valence-corrected chi connectivity index (χ2v) is 7.97. The summed E-state index contributed by atoms with van der Waals surface area (Å²) in [5.74, 6) is 1.03. The molecule has 30 heavy (non-hydrogen) atoms. The maximum atomic E-state index is 13.0. The lowest BCUT2D eigenvalue weighted by Gasteiger charge is -2.22. The van der Waals surface area contributed by atoms with Crippen molar-refractivity contribution in [1.29, 1.82) is 0 Å². The molecule has 0 radical (unpaired) electrons. The van der Waals surface area contributed by atoms with Gasteiger partial charge in [0, 0.05) is 18.7 Å². The quantitative estimate of drug-likeness (QED) is 0.656. The SMILES string of the molecule is COc1ccc(N2C[C@H](C(=O)N[C@H](c3nc4ccccc4[nH]3)C(C)C)CC2=O)cc1. The fourth-order valence-corrected chi connectivity index (χ4v) is 3.84. The van der Waals surface area contributed by atoms with Gasteiger partial charge in [-0.3, -0.25) is 9.59 Å². The van der Waals surface area contributed by atoms with Crippen molar-refractivity contribution in [3.05, 3.63) is 54.4 Å². The van der Waals surface area contributed by atoms with E-state index in [1.807, 2.05) is 62.4 Å². The van der Waals surface area contributed by atoms with Crippen LogP contribution in [0.5, 0.6) is 5.75 Å². The number of methoxy groups -OCH3 is 1. The van der Waals surface area contributed by atoms with E-state index in [1.165, 1.54) is 0 Å². The topological polar surface area (TPSA) is 87.3 Å². The Kier molecular flexibility index (Phi) is 5.44. The van der Waals surface area contributed by atoms with Gasteiger partial charge in [0.2, 0.25) is 11.8 Å². The zero-order valence-electron chi connectivity index (χ0n) is 17.4. The van der Waals surface area contributed by atoms with Gasteiger partial charge in [-0.15, -0.1) is 0 Å². The number of amides is 2. The molecule has 1 aliphatic heterocycles. The van der Waals surface area contributed by atoms with E-state index < -0.39 is 5.92 Å². The van der Waals surface area contributed by atoms with Crippen molar-refractivity contribution in [1.82, 2.24) is 15.3 Å². The van der Waals surface area contributed by atoms with E-state index >= 15 is 0 Å². The lowest BCUT2D eigenvalue weighted by Crippen LogP contribution is -2.38. The van der Waals surface area contributed by atoms with E-state index in [2.05, 4.69) is 15.3 Å². The number of fused-ring (bicyclic) bond motifs is 1. The second kappa shape index (κ2) is 8.18. The van der Waals surface area contributed by atoms with E-state index in [9.17, 15) is 9.59 Å². The van der Waals surface area contributed by atoms with E-state index in [0.29, 0.717) is 6.54 Å². The Hall–Kier alpha value is -3.35. The Labute approximate surface area is 175 Å². The Morgan fingerprint density at radius 3 is 2.60 bits per heavy atom. The number of imidazole rings is 1. The number of nitrogens with zero attached hydrogens (tertiary/aromatic N) is 2. The molecule has 7 nitrogen and oxygen atoms in total. The third kappa shape index (κ3) is 3.87. The minimum Gasteiger partial charge on any atom is -0.497 e. The van der Waals surface area contributed by atoms with Gasteiger partial charge in [-0.05, 0) is 42.3 Å². The summed E-state index contributed by atoms with van der Waals surface area (Å²) in [4.78, 5) is 35.2. The molecule has 0 unspecified atom stereocenters. The van der Waals surface area contributed by atoms with Gasteiger partial charge >= 0.3 is 0 Å². The smallest absolute Gasteiger partial charge is 0.227 e. The molecule has 0 aliphatic carbocycles. The summed E-state index contributed by atoms with van der Waals surface area (Å²) in [7, 11) is 1.60. The summed E-state index contributed by atoms with van der Waals surface area (Å²) in [5, 5.41) is 3.11. The number of benzene rings is 2. The van der Waals surface area contributed by atoms with Gasteiger partial charge < -0.3 is 19.9 Å². The standard InChI is InChI=1S/C23H26N4O3/c1-14(2)21(22-24-18-6-4-5-7-19(18)25-22)26-23(29)15-12-20(28)27(13-15)16-8-10-17(30-3)11-9-16/h4-11,14-15,21H,12-13H2,1-3H3,(H,24,25)(H,26,29)/t15-,21+/m1/s1. The highest BCUT2D eigenvalue weighted by atomic mass is 16.5. The highest BCUT2D eigenvalue weighted by molar-refractivity contribution is 6.00. The molecule has 1 aromatic heterocycles. The van der Waals surface area contributed by atoms with E-state index in [1.54, 1.807) is 12.0 Å². The van der Waals surface area contributed by atoms with Crippen molar-refractivity contribution in [3.8, 4) is 5.75 Å². The number of hydrogen-bond donors (Lipinski definition) is 2.